The first-order valence-corrected chi connectivity index (χ1v) is 7.87. The van der Waals surface area contributed by atoms with E-state index in [2.05, 4.69) is 4.74 Å². The molecule has 1 saturated carbocycles. The highest BCUT2D eigenvalue weighted by Gasteiger charge is 2.44. The van der Waals surface area contributed by atoms with Crippen LogP contribution >= 0.6 is 0 Å². The molecule has 2 rings (SSSR count). The van der Waals surface area contributed by atoms with Gasteiger partial charge in [-0.1, -0.05) is 12.8 Å². The van der Waals surface area contributed by atoms with Crippen molar-refractivity contribution in [3.05, 3.63) is 0 Å². The van der Waals surface area contributed by atoms with E-state index < -0.39 is 30.9 Å². The highest BCUT2D eigenvalue weighted by Crippen LogP contribution is 2.40. The normalized spacial score (nSPS) is 33.2. The minimum Gasteiger partial charge on any atom is -0.390 e. The van der Waals surface area contributed by atoms with Gasteiger partial charge < -0.3 is 14.7 Å². The predicted molar refractivity (Wildman–Crippen MR) is 74.2 cm³/mol. The van der Waals surface area contributed by atoms with Crippen LogP contribution in [0.5, 0.6) is 0 Å². The van der Waals surface area contributed by atoms with Gasteiger partial charge in [-0.05, 0) is 32.6 Å². The van der Waals surface area contributed by atoms with Crippen LogP contribution in [0, 0.1) is 5.92 Å². The number of hydrogen-bond donors (Lipinski definition) is 1. The molecule has 128 valence electrons. The molecule has 0 aromatic heterocycles. The summed E-state index contributed by atoms with van der Waals surface area (Å²) in [5, 5.41) is 10.6. The molecule has 1 aliphatic heterocycles. The van der Waals surface area contributed by atoms with Crippen LogP contribution in [0.15, 0.2) is 0 Å². The summed E-state index contributed by atoms with van der Waals surface area (Å²) in [5.74, 6) is -0.413. The van der Waals surface area contributed by atoms with Gasteiger partial charge in [-0.15, -0.1) is 0 Å². The average molecular weight is 323 g/mol. The van der Waals surface area contributed by atoms with Gasteiger partial charge in [0, 0.05) is 18.5 Å². The number of nitrogens with zero attached hydrogens (tertiary/aromatic N) is 1. The third-order valence-electron chi connectivity index (χ3n) is 4.82. The van der Waals surface area contributed by atoms with Crippen molar-refractivity contribution in [2.75, 3.05) is 19.8 Å². The Morgan fingerprint density at radius 2 is 2.05 bits per heavy atom. The van der Waals surface area contributed by atoms with Gasteiger partial charge >= 0.3 is 6.18 Å². The van der Waals surface area contributed by atoms with E-state index in [-0.39, 0.29) is 12.0 Å². The van der Waals surface area contributed by atoms with Crippen molar-refractivity contribution in [2.24, 2.45) is 5.92 Å². The monoisotopic (exact) mass is 323 g/mol. The van der Waals surface area contributed by atoms with Crippen molar-refractivity contribution >= 4 is 5.91 Å². The minimum absolute atomic E-state index is 0.00434. The molecule has 0 aromatic carbocycles. The van der Waals surface area contributed by atoms with E-state index in [9.17, 15) is 23.1 Å². The summed E-state index contributed by atoms with van der Waals surface area (Å²) in [6.45, 7) is 0.382. The van der Waals surface area contributed by atoms with Gasteiger partial charge in [0.2, 0.25) is 5.91 Å². The molecule has 0 bridgehead atoms. The Labute approximate surface area is 128 Å². The molecule has 2 fully saturated rings. The number of aliphatic hydroxyl groups is 1. The first-order chi connectivity index (χ1) is 10.2. The van der Waals surface area contributed by atoms with Gasteiger partial charge in [-0.3, -0.25) is 4.79 Å². The summed E-state index contributed by atoms with van der Waals surface area (Å²) < 4.78 is 40.7. The van der Waals surface area contributed by atoms with Gasteiger partial charge in [0.15, 0.2) is 0 Å². The Balaban J connectivity index is 1.93. The Morgan fingerprint density at radius 1 is 1.32 bits per heavy atom. The average Bonchev–Trinajstić information content (AvgIpc) is 2.85. The topological polar surface area (TPSA) is 49.8 Å². The van der Waals surface area contributed by atoms with Crippen molar-refractivity contribution in [1.82, 2.24) is 4.90 Å². The molecule has 1 saturated heterocycles. The quantitative estimate of drug-likeness (QED) is 0.865. The van der Waals surface area contributed by atoms with Crippen LogP contribution in [-0.4, -0.2) is 53.5 Å². The van der Waals surface area contributed by atoms with Crippen LogP contribution < -0.4 is 0 Å². The molecule has 2 aliphatic rings. The summed E-state index contributed by atoms with van der Waals surface area (Å²) in [7, 11) is 0. The molecule has 7 heteroatoms. The second-order valence-electron chi connectivity index (χ2n) is 6.61. The largest absolute Gasteiger partial charge is 0.411 e. The lowest BCUT2D eigenvalue weighted by atomic mass is 9.72. The van der Waals surface area contributed by atoms with Gasteiger partial charge in [0.1, 0.15) is 13.2 Å². The number of carbonyl (C=O) groups excluding carboxylic acids is 1. The molecule has 0 aromatic rings. The SMILES string of the molecule is C[C@]1(O)CCCC[C@H]1[C@H]1CCCN1C(=O)COCC(F)(F)F. The molecule has 22 heavy (non-hydrogen) atoms. The second kappa shape index (κ2) is 6.74. The molecule has 1 aliphatic carbocycles. The number of hydrogen-bond acceptors (Lipinski definition) is 3. The maximum absolute atomic E-state index is 12.1. The van der Waals surface area contributed by atoms with Crippen LogP contribution in [0.1, 0.15) is 45.4 Å². The number of ether oxygens (including phenoxy) is 1. The number of alkyl halides is 3. The van der Waals surface area contributed by atoms with Crippen molar-refractivity contribution < 1.29 is 27.8 Å². The van der Waals surface area contributed by atoms with Crippen LogP contribution in [0.2, 0.25) is 0 Å². The molecular weight excluding hydrogens is 299 g/mol. The molecule has 1 N–H and O–H groups in total. The fourth-order valence-electron chi connectivity index (χ4n) is 3.81. The third-order valence-corrected chi connectivity index (χ3v) is 4.82. The lowest BCUT2D eigenvalue weighted by Crippen LogP contribution is -2.51. The van der Waals surface area contributed by atoms with E-state index in [0.29, 0.717) is 13.0 Å². The molecule has 1 heterocycles. The van der Waals surface area contributed by atoms with Gasteiger partial charge in [-0.2, -0.15) is 13.2 Å². The van der Waals surface area contributed by atoms with Crippen LogP contribution in [-0.2, 0) is 9.53 Å². The predicted octanol–water partition coefficient (Wildman–Crippen LogP) is 2.50. The zero-order valence-corrected chi connectivity index (χ0v) is 12.9. The standard InChI is InChI=1S/C15H24F3NO3/c1-14(21)7-3-2-5-11(14)12-6-4-8-19(12)13(20)9-22-10-15(16,17)18/h11-12,21H,2-10H2,1H3/t11-,12+,14-/m0/s1. The number of carbonyl (C=O) groups is 1. The van der Waals surface area contributed by atoms with E-state index in [1.54, 1.807) is 11.8 Å². The molecular formula is C15H24F3NO3. The van der Waals surface area contributed by atoms with Crippen molar-refractivity contribution in [1.29, 1.82) is 0 Å². The Morgan fingerprint density at radius 3 is 2.68 bits per heavy atom. The summed E-state index contributed by atoms with van der Waals surface area (Å²) >= 11 is 0. The first kappa shape index (κ1) is 17.5. The van der Waals surface area contributed by atoms with Crippen molar-refractivity contribution in [3.63, 3.8) is 0 Å². The lowest BCUT2D eigenvalue weighted by molar-refractivity contribution is -0.178. The summed E-state index contributed by atoms with van der Waals surface area (Å²) in [6, 6.07) is -0.0858. The van der Waals surface area contributed by atoms with Crippen LogP contribution in [0.4, 0.5) is 13.2 Å². The highest BCUT2D eigenvalue weighted by atomic mass is 19.4. The number of likely N-dealkylation sites (tertiary alicyclic amines) is 1. The van der Waals surface area contributed by atoms with Gasteiger partial charge in [0.05, 0.1) is 5.60 Å². The van der Waals surface area contributed by atoms with E-state index >= 15 is 0 Å². The molecule has 3 atom stereocenters. The lowest BCUT2D eigenvalue weighted by Gasteiger charge is -2.43. The van der Waals surface area contributed by atoms with Gasteiger partial charge in [0.25, 0.3) is 0 Å². The van der Waals surface area contributed by atoms with Crippen molar-refractivity contribution in [2.45, 2.75) is 63.3 Å². The van der Waals surface area contributed by atoms with Crippen LogP contribution in [0.3, 0.4) is 0 Å². The van der Waals surface area contributed by atoms with Crippen LogP contribution in [0.25, 0.3) is 0 Å². The number of amides is 1. The third kappa shape index (κ3) is 4.35. The maximum Gasteiger partial charge on any atom is 0.411 e. The minimum atomic E-state index is -4.42. The van der Waals surface area contributed by atoms with E-state index in [1.807, 2.05) is 0 Å². The van der Waals surface area contributed by atoms with Gasteiger partial charge in [-0.25, -0.2) is 0 Å². The Hall–Kier alpha value is -0.820. The molecule has 0 radical (unpaired) electrons. The highest BCUT2D eigenvalue weighted by molar-refractivity contribution is 5.78. The molecule has 0 spiro atoms. The second-order valence-corrected chi connectivity index (χ2v) is 6.61. The maximum atomic E-state index is 12.1. The van der Waals surface area contributed by atoms with E-state index in [0.717, 1.165) is 32.1 Å². The molecule has 0 unspecified atom stereocenters. The zero-order valence-electron chi connectivity index (χ0n) is 12.9. The summed E-state index contributed by atoms with van der Waals surface area (Å²) in [4.78, 5) is 13.8. The number of rotatable bonds is 4. The number of halogens is 3. The van der Waals surface area contributed by atoms with E-state index in [4.69, 9.17) is 0 Å². The summed E-state index contributed by atoms with van der Waals surface area (Å²) in [6.07, 6.45) is 0.750. The Bertz CT molecular complexity index is 398. The first-order valence-electron chi connectivity index (χ1n) is 7.87. The summed E-state index contributed by atoms with van der Waals surface area (Å²) in [5.41, 5.74) is -0.807. The fourth-order valence-corrected chi connectivity index (χ4v) is 3.81. The zero-order chi connectivity index (χ0) is 16.4. The molecule has 4 nitrogen and oxygen atoms in total. The fraction of sp³-hybridized carbons (Fsp3) is 0.933. The van der Waals surface area contributed by atoms with E-state index in [1.165, 1.54) is 0 Å². The van der Waals surface area contributed by atoms with Crippen molar-refractivity contribution in [3.8, 4) is 0 Å². The Kier molecular flexibility index (Phi) is 5.37. The smallest absolute Gasteiger partial charge is 0.390 e. The molecule has 1 amide bonds.